The summed E-state index contributed by atoms with van der Waals surface area (Å²) in [6.07, 6.45) is 12.5. The number of aliphatic hydroxyl groups is 2. The second kappa shape index (κ2) is 20.9. The highest BCUT2D eigenvalue weighted by Gasteiger charge is 2.02. The SMILES string of the molecule is CCCCCCCCCCCCOc1ccc(-c2ccc(OCCOCCOCC(O)CO)cc2)cc1. The van der Waals surface area contributed by atoms with Crippen molar-refractivity contribution in [2.45, 2.75) is 77.2 Å². The molecule has 1 atom stereocenters. The normalized spacial score (nSPS) is 12.0. The summed E-state index contributed by atoms with van der Waals surface area (Å²) >= 11 is 0. The molecular formula is C31H48O6. The molecule has 0 heterocycles. The summed E-state index contributed by atoms with van der Waals surface area (Å²) in [7, 11) is 0. The van der Waals surface area contributed by atoms with Crippen LogP contribution in [0.4, 0.5) is 0 Å². The average molecular weight is 517 g/mol. The third-order valence-electron chi connectivity index (χ3n) is 6.20. The molecule has 37 heavy (non-hydrogen) atoms. The van der Waals surface area contributed by atoms with E-state index in [9.17, 15) is 5.11 Å². The Bertz CT molecular complexity index is 777. The van der Waals surface area contributed by atoms with Crippen LogP contribution in [0, 0.1) is 0 Å². The number of aliphatic hydroxyl groups excluding tert-OH is 2. The van der Waals surface area contributed by atoms with Crippen molar-refractivity contribution in [3.05, 3.63) is 48.5 Å². The molecule has 0 radical (unpaired) electrons. The molecule has 0 saturated heterocycles. The Labute approximate surface area is 223 Å². The van der Waals surface area contributed by atoms with Gasteiger partial charge in [0.05, 0.1) is 39.6 Å². The van der Waals surface area contributed by atoms with Gasteiger partial charge in [0.25, 0.3) is 0 Å². The van der Waals surface area contributed by atoms with Crippen molar-refractivity contribution < 1.29 is 29.2 Å². The molecule has 0 aliphatic heterocycles. The molecule has 0 aromatic heterocycles. The molecule has 0 aliphatic rings. The lowest BCUT2D eigenvalue weighted by atomic mass is 10.1. The van der Waals surface area contributed by atoms with Crippen molar-refractivity contribution in [2.75, 3.05) is 46.2 Å². The minimum Gasteiger partial charge on any atom is -0.494 e. The van der Waals surface area contributed by atoms with E-state index >= 15 is 0 Å². The summed E-state index contributed by atoms with van der Waals surface area (Å²) in [6, 6.07) is 16.3. The number of hydrogen-bond acceptors (Lipinski definition) is 6. The lowest BCUT2D eigenvalue weighted by Crippen LogP contribution is -2.21. The fourth-order valence-electron chi connectivity index (χ4n) is 3.98. The zero-order valence-corrected chi connectivity index (χ0v) is 22.7. The highest BCUT2D eigenvalue weighted by atomic mass is 16.5. The van der Waals surface area contributed by atoms with E-state index in [0.717, 1.165) is 35.7 Å². The molecule has 6 heteroatoms. The zero-order chi connectivity index (χ0) is 26.4. The van der Waals surface area contributed by atoms with E-state index in [1.54, 1.807) is 0 Å². The van der Waals surface area contributed by atoms with Gasteiger partial charge in [0.2, 0.25) is 0 Å². The summed E-state index contributed by atoms with van der Waals surface area (Å²) < 4.78 is 22.3. The quantitative estimate of drug-likeness (QED) is 0.166. The van der Waals surface area contributed by atoms with Crippen molar-refractivity contribution >= 4 is 0 Å². The Kier molecular flexibility index (Phi) is 17.6. The minimum atomic E-state index is -0.836. The first-order chi connectivity index (χ1) is 18.2. The smallest absolute Gasteiger partial charge is 0.119 e. The Balaban J connectivity index is 1.53. The molecule has 2 aromatic rings. The van der Waals surface area contributed by atoms with Crippen LogP contribution < -0.4 is 9.47 Å². The van der Waals surface area contributed by atoms with Crippen LogP contribution >= 0.6 is 0 Å². The van der Waals surface area contributed by atoms with Gasteiger partial charge in [0.1, 0.15) is 24.2 Å². The van der Waals surface area contributed by atoms with Crippen molar-refractivity contribution in [3.63, 3.8) is 0 Å². The van der Waals surface area contributed by atoms with Crippen molar-refractivity contribution in [3.8, 4) is 22.6 Å². The predicted octanol–water partition coefficient (Wildman–Crippen LogP) is 6.42. The third kappa shape index (κ3) is 15.0. The van der Waals surface area contributed by atoms with Gasteiger partial charge in [-0.1, -0.05) is 89.0 Å². The third-order valence-corrected chi connectivity index (χ3v) is 6.20. The zero-order valence-electron chi connectivity index (χ0n) is 22.7. The van der Waals surface area contributed by atoms with Gasteiger partial charge in [-0.25, -0.2) is 0 Å². The largest absolute Gasteiger partial charge is 0.494 e. The van der Waals surface area contributed by atoms with Gasteiger partial charge in [0.15, 0.2) is 0 Å². The Hall–Kier alpha value is -2.12. The average Bonchev–Trinajstić information content (AvgIpc) is 2.93. The van der Waals surface area contributed by atoms with Gasteiger partial charge in [-0.2, -0.15) is 0 Å². The van der Waals surface area contributed by atoms with Gasteiger partial charge in [0, 0.05) is 0 Å². The first-order valence-corrected chi connectivity index (χ1v) is 14.1. The summed E-state index contributed by atoms with van der Waals surface area (Å²) in [5.41, 5.74) is 2.28. The number of rotatable bonds is 23. The molecule has 0 aliphatic carbocycles. The molecule has 2 aromatic carbocycles. The summed E-state index contributed by atoms with van der Waals surface area (Å²) in [4.78, 5) is 0. The van der Waals surface area contributed by atoms with Crippen molar-refractivity contribution in [1.29, 1.82) is 0 Å². The maximum atomic E-state index is 9.18. The van der Waals surface area contributed by atoms with Gasteiger partial charge >= 0.3 is 0 Å². The molecule has 0 spiro atoms. The summed E-state index contributed by atoms with van der Waals surface area (Å²) in [5, 5.41) is 17.9. The topological polar surface area (TPSA) is 77.4 Å². The van der Waals surface area contributed by atoms with Crippen LogP contribution in [0.5, 0.6) is 11.5 Å². The summed E-state index contributed by atoms with van der Waals surface area (Å²) in [5.74, 6) is 1.72. The predicted molar refractivity (Wildman–Crippen MR) is 149 cm³/mol. The highest BCUT2D eigenvalue weighted by molar-refractivity contribution is 5.64. The Morgan fingerprint density at radius 1 is 0.568 bits per heavy atom. The lowest BCUT2D eigenvalue weighted by molar-refractivity contribution is -0.0174. The molecule has 6 nitrogen and oxygen atoms in total. The number of benzene rings is 2. The van der Waals surface area contributed by atoms with Gasteiger partial charge in [-0.15, -0.1) is 0 Å². The van der Waals surface area contributed by atoms with Crippen molar-refractivity contribution in [2.24, 2.45) is 0 Å². The van der Waals surface area contributed by atoms with Gasteiger partial charge in [-0.3, -0.25) is 0 Å². The van der Waals surface area contributed by atoms with E-state index in [0.29, 0.717) is 26.4 Å². The molecule has 2 rings (SSSR count). The first-order valence-electron chi connectivity index (χ1n) is 14.1. The van der Waals surface area contributed by atoms with Gasteiger partial charge < -0.3 is 29.2 Å². The van der Waals surface area contributed by atoms with Crippen LogP contribution in [0.15, 0.2) is 48.5 Å². The maximum absolute atomic E-state index is 9.18. The monoisotopic (exact) mass is 516 g/mol. The van der Waals surface area contributed by atoms with E-state index in [1.165, 1.54) is 57.8 Å². The molecule has 208 valence electrons. The standard InChI is InChI=1S/C31H48O6/c1-2-3-4-5-6-7-8-9-10-11-20-36-30-16-12-27(13-17-30)28-14-18-31(19-15-28)37-24-23-34-21-22-35-26-29(33)25-32/h12-19,29,32-33H,2-11,20-26H2,1H3. The molecular weight excluding hydrogens is 468 g/mol. The lowest BCUT2D eigenvalue weighted by Gasteiger charge is -2.10. The number of ether oxygens (including phenoxy) is 4. The van der Waals surface area contributed by atoms with Gasteiger partial charge in [-0.05, 0) is 41.8 Å². The van der Waals surface area contributed by atoms with E-state index in [1.807, 2.05) is 24.3 Å². The van der Waals surface area contributed by atoms with Crippen molar-refractivity contribution in [1.82, 2.24) is 0 Å². The maximum Gasteiger partial charge on any atom is 0.119 e. The van der Waals surface area contributed by atoms with Crippen LogP contribution in [-0.2, 0) is 9.47 Å². The van der Waals surface area contributed by atoms with Crippen LogP contribution in [0.25, 0.3) is 11.1 Å². The van der Waals surface area contributed by atoms with Crippen LogP contribution in [0.3, 0.4) is 0 Å². The molecule has 0 fully saturated rings. The second-order valence-electron chi connectivity index (χ2n) is 9.45. The van der Waals surface area contributed by atoms with Crippen LogP contribution in [-0.4, -0.2) is 62.6 Å². The number of unbranched alkanes of at least 4 members (excludes halogenated alkanes) is 9. The van der Waals surface area contributed by atoms with Crippen LogP contribution in [0.2, 0.25) is 0 Å². The summed E-state index contributed by atoms with van der Waals surface area (Å²) in [6.45, 7) is 4.55. The molecule has 0 bridgehead atoms. The molecule has 2 N–H and O–H groups in total. The van der Waals surface area contributed by atoms with E-state index in [2.05, 4.69) is 31.2 Å². The fraction of sp³-hybridized carbons (Fsp3) is 0.613. The molecule has 1 unspecified atom stereocenters. The second-order valence-corrected chi connectivity index (χ2v) is 9.45. The molecule has 0 saturated carbocycles. The van der Waals surface area contributed by atoms with Crippen LogP contribution in [0.1, 0.15) is 71.1 Å². The highest BCUT2D eigenvalue weighted by Crippen LogP contribution is 2.25. The van der Waals surface area contributed by atoms with E-state index in [-0.39, 0.29) is 13.2 Å². The Morgan fingerprint density at radius 3 is 1.57 bits per heavy atom. The van der Waals surface area contributed by atoms with E-state index in [4.69, 9.17) is 24.1 Å². The Morgan fingerprint density at radius 2 is 1.03 bits per heavy atom. The number of hydrogen-bond donors (Lipinski definition) is 2. The van der Waals surface area contributed by atoms with E-state index < -0.39 is 6.10 Å². The minimum absolute atomic E-state index is 0.109. The fourth-order valence-corrected chi connectivity index (χ4v) is 3.98. The molecule has 0 amide bonds. The first kappa shape index (κ1) is 31.1.